The first kappa shape index (κ1) is 14.5. The van der Waals surface area contributed by atoms with Crippen molar-refractivity contribution in [1.29, 1.82) is 0 Å². The molecule has 0 spiro atoms. The Kier molecular flexibility index (Phi) is 4.06. The topological polar surface area (TPSA) is 71.7 Å². The predicted octanol–water partition coefficient (Wildman–Crippen LogP) is 1.27. The van der Waals surface area contributed by atoms with Crippen LogP contribution in [0.2, 0.25) is 0 Å². The highest BCUT2D eigenvalue weighted by Crippen LogP contribution is 2.20. The molecule has 1 aliphatic rings. The lowest BCUT2D eigenvalue weighted by Crippen LogP contribution is -2.40. The van der Waals surface area contributed by atoms with Crippen molar-refractivity contribution in [3.05, 3.63) is 29.8 Å². The van der Waals surface area contributed by atoms with Gasteiger partial charge in [-0.25, -0.2) is 0 Å². The summed E-state index contributed by atoms with van der Waals surface area (Å²) >= 11 is 0. The summed E-state index contributed by atoms with van der Waals surface area (Å²) in [5.41, 5.74) is 1.44. The van der Waals surface area contributed by atoms with Gasteiger partial charge in [0.15, 0.2) is 0 Å². The molecule has 0 atom stereocenters. The number of hydrogen-bond acceptors (Lipinski definition) is 6. The molecule has 7 heteroatoms. The molecule has 0 radical (unpaired) electrons. The van der Waals surface area contributed by atoms with Gasteiger partial charge >= 0.3 is 0 Å². The first-order valence-corrected chi connectivity index (χ1v) is 7.13. The van der Waals surface area contributed by atoms with Gasteiger partial charge in [0.1, 0.15) is 0 Å². The minimum Gasteiger partial charge on any atom is -0.378 e. The number of benzene rings is 1. The monoisotopic (exact) mass is 302 g/mol. The van der Waals surface area contributed by atoms with Crippen molar-refractivity contribution in [2.75, 3.05) is 45.3 Å². The molecule has 1 aromatic heterocycles. The van der Waals surface area contributed by atoms with E-state index in [2.05, 4.69) is 10.1 Å². The van der Waals surface area contributed by atoms with E-state index in [0.717, 1.165) is 5.56 Å². The maximum Gasteiger partial charge on any atom is 0.265 e. The fourth-order valence-electron chi connectivity index (χ4n) is 2.22. The first-order chi connectivity index (χ1) is 10.6. The molecule has 0 bridgehead atoms. The Balaban J connectivity index is 1.75. The second-order valence-electron chi connectivity index (χ2n) is 5.28. The smallest absolute Gasteiger partial charge is 0.265 e. The lowest BCUT2D eigenvalue weighted by atomic mass is 10.1. The van der Waals surface area contributed by atoms with Crippen LogP contribution < -0.4 is 4.90 Å². The van der Waals surface area contributed by atoms with E-state index in [4.69, 9.17) is 9.26 Å². The Morgan fingerprint density at radius 3 is 2.45 bits per heavy atom. The van der Waals surface area contributed by atoms with Gasteiger partial charge in [-0.2, -0.15) is 4.98 Å². The molecule has 0 N–H and O–H groups in total. The molecule has 1 amide bonds. The molecule has 1 aromatic carbocycles. The Morgan fingerprint density at radius 2 is 1.86 bits per heavy atom. The van der Waals surface area contributed by atoms with Crippen LogP contribution in [0, 0.1) is 0 Å². The molecule has 2 heterocycles. The van der Waals surface area contributed by atoms with Gasteiger partial charge < -0.3 is 19.1 Å². The van der Waals surface area contributed by atoms with Gasteiger partial charge in [0, 0.05) is 38.3 Å². The average Bonchev–Trinajstić information content (AvgIpc) is 3.05. The van der Waals surface area contributed by atoms with E-state index in [-0.39, 0.29) is 5.91 Å². The quantitative estimate of drug-likeness (QED) is 0.850. The van der Waals surface area contributed by atoms with Crippen LogP contribution in [0.1, 0.15) is 10.4 Å². The third kappa shape index (κ3) is 2.94. The van der Waals surface area contributed by atoms with Crippen LogP contribution in [0.3, 0.4) is 0 Å². The van der Waals surface area contributed by atoms with Crippen molar-refractivity contribution in [3.8, 4) is 11.5 Å². The van der Waals surface area contributed by atoms with E-state index in [0.29, 0.717) is 43.7 Å². The molecule has 2 aromatic rings. The zero-order chi connectivity index (χ0) is 15.5. The predicted molar refractivity (Wildman–Crippen MR) is 80.8 cm³/mol. The molecule has 0 unspecified atom stereocenters. The van der Waals surface area contributed by atoms with Crippen molar-refractivity contribution in [2.45, 2.75) is 0 Å². The van der Waals surface area contributed by atoms with Crippen molar-refractivity contribution >= 4 is 11.9 Å². The van der Waals surface area contributed by atoms with Crippen LogP contribution in [0.15, 0.2) is 28.8 Å². The molecule has 1 saturated heterocycles. The second kappa shape index (κ2) is 6.15. The molecule has 7 nitrogen and oxygen atoms in total. The highest BCUT2D eigenvalue weighted by atomic mass is 16.5. The SMILES string of the molecule is CN(C)c1noc(-c2ccc(C(=O)N3CCOCC3)cc2)n1. The maximum atomic E-state index is 12.4. The van der Waals surface area contributed by atoms with Crippen LogP contribution in [0.25, 0.3) is 11.5 Å². The van der Waals surface area contributed by atoms with Crippen LogP contribution in [-0.4, -0.2) is 61.3 Å². The number of amides is 1. The summed E-state index contributed by atoms with van der Waals surface area (Å²) in [5, 5.41) is 3.87. The van der Waals surface area contributed by atoms with Crippen molar-refractivity contribution in [1.82, 2.24) is 15.0 Å². The van der Waals surface area contributed by atoms with Gasteiger partial charge in [-0.05, 0) is 29.4 Å². The summed E-state index contributed by atoms with van der Waals surface area (Å²) in [7, 11) is 3.69. The van der Waals surface area contributed by atoms with Gasteiger partial charge in [0.2, 0.25) is 0 Å². The van der Waals surface area contributed by atoms with Crippen LogP contribution >= 0.6 is 0 Å². The summed E-state index contributed by atoms with van der Waals surface area (Å²) in [6, 6.07) is 7.21. The summed E-state index contributed by atoms with van der Waals surface area (Å²) in [5.74, 6) is 0.979. The van der Waals surface area contributed by atoms with Gasteiger partial charge in [-0.3, -0.25) is 4.79 Å². The van der Waals surface area contributed by atoms with Crippen LogP contribution in [0.5, 0.6) is 0 Å². The molecule has 116 valence electrons. The molecule has 0 aliphatic carbocycles. The van der Waals surface area contributed by atoms with E-state index in [9.17, 15) is 4.79 Å². The molecule has 3 rings (SSSR count). The van der Waals surface area contributed by atoms with E-state index in [1.807, 2.05) is 26.2 Å². The number of nitrogens with zero attached hydrogens (tertiary/aromatic N) is 4. The lowest BCUT2D eigenvalue weighted by Gasteiger charge is -2.26. The Labute approximate surface area is 128 Å². The van der Waals surface area contributed by atoms with Gasteiger partial charge in [0.25, 0.3) is 17.7 Å². The first-order valence-electron chi connectivity index (χ1n) is 7.13. The number of carbonyl (C=O) groups excluding carboxylic acids is 1. The normalized spacial score (nSPS) is 14.9. The minimum absolute atomic E-state index is 0.0226. The van der Waals surface area contributed by atoms with Crippen molar-refractivity contribution in [2.24, 2.45) is 0 Å². The summed E-state index contributed by atoms with van der Waals surface area (Å²) in [4.78, 5) is 20.2. The van der Waals surface area contributed by atoms with Gasteiger partial charge in [-0.1, -0.05) is 0 Å². The van der Waals surface area contributed by atoms with E-state index in [1.54, 1.807) is 21.9 Å². The average molecular weight is 302 g/mol. The number of rotatable bonds is 3. The van der Waals surface area contributed by atoms with E-state index in [1.165, 1.54) is 0 Å². The highest BCUT2D eigenvalue weighted by Gasteiger charge is 2.19. The number of morpholine rings is 1. The molecule has 1 fully saturated rings. The number of hydrogen-bond donors (Lipinski definition) is 0. The third-order valence-electron chi connectivity index (χ3n) is 3.49. The van der Waals surface area contributed by atoms with Crippen molar-refractivity contribution < 1.29 is 14.1 Å². The number of ether oxygens (including phenoxy) is 1. The zero-order valence-corrected chi connectivity index (χ0v) is 12.7. The third-order valence-corrected chi connectivity index (χ3v) is 3.49. The molecule has 22 heavy (non-hydrogen) atoms. The largest absolute Gasteiger partial charge is 0.378 e. The number of carbonyl (C=O) groups is 1. The van der Waals surface area contributed by atoms with Gasteiger partial charge in [0.05, 0.1) is 13.2 Å². The highest BCUT2D eigenvalue weighted by molar-refractivity contribution is 5.94. The molecular weight excluding hydrogens is 284 g/mol. The lowest BCUT2D eigenvalue weighted by molar-refractivity contribution is 0.0303. The molecule has 0 saturated carbocycles. The Hall–Kier alpha value is -2.41. The van der Waals surface area contributed by atoms with E-state index >= 15 is 0 Å². The molecular formula is C15H18N4O3. The molecule has 1 aliphatic heterocycles. The van der Waals surface area contributed by atoms with Crippen LogP contribution in [0.4, 0.5) is 5.95 Å². The standard InChI is InChI=1S/C15H18N4O3/c1-18(2)15-16-13(22-17-15)11-3-5-12(6-4-11)14(20)19-7-9-21-10-8-19/h3-6H,7-10H2,1-2H3. The fraction of sp³-hybridized carbons (Fsp3) is 0.400. The van der Waals surface area contributed by atoms with Gasteiger partial charge in [-0.15, -0.1) is 0 Å². The maximum absolute atomic E-state index is 12.4. The Morgan fingerprint density at radius 1 is 1.18 bits per heavy atom. The van der Waals surface area contributed by atoms with Crippen LogP contribution in [-0.2, 0) is 4.74 Å². The zero-order valence-electron chi connectivity index (χ0n) is 12.7. The van der Waals surface area contributed by atoms with Crippen molar-refractivity contribution in [3.63, 3.8) is 0 Å². The number of anilines is 1. The Bertz CT molecular complexity index is 645. The summed E-state index contributed by atoms with van der Waals surface area (Å²) < 4.78 is 10.5. The number of aromatic nitrogens is 2. The van der Waals surface area contributed by atoms with E-state index < -0.39 is 0 Å². The summed E-state index contributed by atoms with van der Waals surface area (Å²) in [6.45, 7) is 2.46. The fourth-order valence-corrected chi connectivity index (χ4v) is 2.22. The second-order valence-corrected chi connectivity index (χ2v) is 5.28. The minimum atomic E-state index is 0.0226. The summed E-state index contributed by atoms with van der Waals surface area (Å²) in [6.07, 6.45) is 0.